The number of hydrogen-bond donors (Lipinski definition) is 1. The van der Waals surface area contributed by atoms with E-state index in [0.29, 0.717) is 12.2 Å². The number of aromatic nitrogens is 2. The van der Waals surface area contributed by atoms with E-state index in [9.17, 15) is 4.79 Å². The number of hydrogen-bond acceptors (Lipinski definition) is 5. The molecule has 1 N–H and O–H groups in total. The van der Waals surface area contributed by atoms with Gasteiger partial charge in [0.2, 0.25) is 6.79 Å². The first-order valence-corrected chi connectivity index (χ1v) is 10.9. The Labute approximate surface area is 174 Å². The van der Waals surface area contributed by atoms with E-state index < -0.39 is 0 Å². The molecule has 4 saturated carbocycles. The average Bonchev–Trinajstić information content (AvgIpc) is 3.16. The van der Waals surface area contributed by atoms with Crippen molar-refractivity contribution in [1.82, 2.24) is 9.78 Å². The van der Waals surface area contributed by atoms with Crippen molar-refractivity contribution in [2.75, 3.05) is 12.1 Å². The van der Waals surface area contributed by atoms with Gasteiger partial charge in [0.1, 0.15) is 5.02 Å². The molecule has 29 heavy (non-hydrogen) atoms. The molecule has 0 amide bonds. The van der Waals surface area contributed by atoms with Gasteiger partial charge in [-0.3, -0.25) is 4.79 Å². The zero-order valence-electron chi connectivity index (χ0n) is 16.2. The molecule has 5 aliphatic rings. The second kappa shape index (κ2) is 6.39. The Hall–Kier alpha value is -2.21. The third kappa shape index (κ3) is 2.83. The molecule has 0 saturated heterocycles. The zero-order chi connectivity index (χ0) is 19.6. The number of nitrogens with one attached hydrogen (secondary N) is 1. The molecule has 1 aromatic heterocycles. The highest BCUT2D eigenvalue weighted by Gasteiger charge is 2.53. The van der Waals surface area contributed by atoms with Gasteiger partial charge in [-0.15, -0.1) is 0 Å². The van der Waals surface area contributed by atoms with E-state index in [1.54, 1.807) is 10.9 Å². The quantitative estimate of drug-likeness (QED) is 0.815. The standard InChI is InChI=1S/C22H24ClN3O3/c23-20-17(24-10-13-1-2-18-19(6-13)29-12-28-18)11-25-26(21(20)27)22-7-14-3-15(8-22)5-16(4-14)9-22/h1-2,6,11,14-16,24H,3-5,7-10,12H2. The van der Waals surface area contributed by atoms with E-state index >= 15 is 0 Å². The smallest absolute Gasteiger partial charge is 0.288 e. The maximum atomic E-state index is 13.2. The van der Waals surface area contributed by atoms with Crippen LogP contribution in [0.1, 0.15) is 44.1 Å². The Morgan fingerprint density at radius 3 is 2.52 bits per heavy atom. The highest BCUT2D eigenvalue weighted by molar-refractivity contribution is 6.32. The lowest BCUT2D eigenvalue weighted by Crippen LogP contribution is -2.55. The molecule has 7 rings (SSSR count). The predicted octanol–water partition coefficient (Wildman–Crippen LogP) is 4.16. The van der Waals surface area contributed by atoms with Crippen LogP contribution in [-0.2, 0) is 12.1 Å². The molecule has 4 fully saturated rings. The Bertz CT molecular complexity index is 999. The first-order chi connectivity index (χ1) is 14.1. The number of anilines is 1. The van der Waals surface area contributed by atoms with Gasteiger partial charge in [0.25, 0.3) is 5.56 Å². The highest BCUT2D eigenvalue weighted by Crippen LogP contribution is 2.58. The van der Waals surface area contributed by atoms with Gasteiger partial charge in [-0.25, -0.2) is 4.68 Å². The van der Waals surface area contributed by atoms with E-state index in [2.05, 4.69) is 10.4 Å². The molecule has 2 heterocycles. The van der Waals surface area contributed by atoms with Crippen molar-refractivity contribution in [2.45, 2.75) is 50.6 Å². The number of ether oxygens (including phenoxy) is 2. The largest absolute Gasteiger partial charge is 0.454 e. The second-order valence-electron chi connectivity index (χ2n) is 9.27. The monoisotopic (exact) mass is 413 g/mol. The van der Waals surface area contributed by atoms with Crippen LogP contribution in [0.3, 0.4) is 0 Å². The van der Waals surface area contributed by atoms with Gasteiger partial charge in [-0.2, -0.15) is 5.10 Å². The fourth-order valence-electron chi connectivity index (χ4n) is 6.47. The van der Waals surface area contributed by atoms with Gasteiger partial charge in [-0.05, 0) is 74.0 Å². The van der Waals surface area contributed by atoms with Crippen LogP contribution in [0.25, 0.3) is 0 Å². The van der Waals surface area contributed by atoms with Crippen LogP contribution >= 0.6 is 11.6 Å². The summed E-state index contributed by atoms with van der Waals surface area (Å²) < 4.78 is 12.5. The molecule has 0 atom stereocenters. The minimum Gasteiger partial charge on any atom is -0.454 e. The van der Waals surface area contributed by atoms with Crippen LogP contribution in [0.2, 0.25) is 5.02 Å². The molecule has 4 aliphatic carbocycles. The number of rotatable bonds is 4. The zero-order valence-corrected chi connectivity index (χ0v) is 17.0. The van der Waals surface area contributed by atoms with Crippen molar-refractivity contribution in [2.24, 2.45) is 17.8 Å². The fourth-order valence-corrected chi connectivity index (χ4v) is 6.66. The summed E-state index contributed by atoms with van der Waals surface area (Å²) in [4.78, 5) is 13.2. The normalized spacial score (nSPS) is 31.3. The summed E-state index contributed by atoms with van der Waals surface area (Å²) in [5.41, 5.74) is 1.32. The number of benzene rings is 1. The van der Waals surface area contributed by atoms with Crippen LogP contribution < -0.4 is 20.3 Å². The number of fused-ring (bicyclic) bond motifs is 1. The minimum absolute atomic E-state index is 0.120. The fraction of sp³-hybridized carbons (Fsp3) is 0.545. The first-order valence-electron chi connectivity index (χ1n) is 10.5. The summed E-state index contributed by atoms with van der Waals surface area (Å²) in [6.07, 6.45) is 8.94. The predicted molar refractivity (Wildman–Crippen MR) is 110 cm³/mol. The van der Waals surface area contributed by atoms with Crippen molar-refractivity contribution in [3.05, 3.63) is 45.3 Å². The molecule has 4 bridgehead atoms. The van der Waals surface area contributed by atoms with Gasteiger partial charge in [0, 0.05) is 6.54 Å². The third-order valence-electron chi connectivity index (χ3n) is 7.29. The SMILES string of the molecule is O=c1c(Cl)c(NCc2ccc3c(c2)OCO3)cnn1C12CC3CC(CC(C3)C1)C2. The molecule has 0 spiro atoms. The van der Waals surface area contributed by atoms with E-state index in [0.717, 1.165) is 54.1 Å². The Morgan fingerprint density at radius 1 is 1.10 bits per heavy atom. The molecular weight excluding hydrogens is 390 g/mol. The van der Waals surface area contributed by atoms with Crippen LogP contribution in [0.15, 0.2) is 29.2 Å². The second-order valence-corrected chi connectivity index (χ2v) is 9.65. The third-order valence-corrected chi connectivity index (χ3v) is 7.66. The Kier molecular flexibility index (Phi) is 3.89. The van der Waals surface area contributed by atoms with Crippen molar-refractivity contribution in [1.29, 1.82) is 0 Å². The lowest BCUT2D eigenvalue weighted by atomic mass is 9.53. The van der Waals surface area contributed by atoms with Gasteiger partial charge >= 0.3 is 0 Å². The van der Waals surface area contributed by atoms with Crippen molar-refractivity contribution in [3.8, 4) is 11.5 Å². The summed E-state index contributed by atoms with van der Waals surface area (Å²) in [5, 5.41) is 8.10. The van der Waals surface area contributed by atoms with Crippen molar-refractivity contribution >= 4 is 17.3 Å². The van der Waals surface area contributed by atoms with Crippen LogP contribution in [0.4, 0.5) is 5.69 Å². The van der Waals surface area contributed by atoms with Crippen LogP contribution in [-0.4, -0.2) is 16.6 Å². The summed E-state index contributed by atoms with van der Waals surface area (Å²) in [6, 6.07) is 5.80. The minimum atomic E-state index is -0.163. The summed E-state index contributed by atoms with van der Waals surface area (Å²) in [5.74, 6) is 3.74. The van der Waals surface area contributed by atoms with E-state index in [1.165, 1.54) is 19.3 Å². The van der Waals surface area contributed by atoms with Gasteiger partial charge in [0.05, 0.1) is 17.4 Å². The van der Waals surface area contributed by atoms with Gasteiger partial charge in [0.15, 0.2) is 11.5 Å². The van der Waals surface area contributed by atoms with E-state index in [1.807, 2.05) is 18.2 Å². The summed E-state index contributed by atoms with van der Waals surface area (Å²) in [7, 11) is 0. The van der Waals surface area contributed by atoms with Gasteiger partial charge in [-0.1, -0.05) is 17.7 Å². The molecule has 2 aromatic rings. The van der Waals surface area contributed by atoms with E-state index in [-0.39, 0.29) is 22.9 Å². The lowest BCUT2D eigenvalue weighted by molar-refractivity contribution is -0.0518. The molecular formula is C22H24ClN3O3. The maximum absolute atomic E-state index is 13.2. The molecule has 1 aromatic carbocycles. The summed E-state index contributed by atoms with van der Waals surface area (Å²) >= 11 is 6.52. The molecule has 0 unspecified atom stereocenters. The molecule has 6 nitrogen and oxygen atoms in total. The molecule has 1 aliphatic heterocycles. The maximum Gasteiger partial charge on any atom is 0.288 e. The number of nitrogens with zero attached hydrogens (tertiary/aromatic N) is 2. The molecule has 7 heteroatoms. The van der Waals surface area contributed by atoms with Gasteiger partial charge < -0.3 is 14.8 Å². The summed E-state index contributed by atoms with van der Waals surface area (Å²) in [6.45, 7) is 0.781. The Morgan fingerprint density at radius 2 is 1.79 bits per heavy atom. The average molecular weight is 414 g/mol. The molecule has 0 radical (unpaired) electrons. The van der Waals surface area contributed by atoms with Crippen molar-refractivity contribution < 1.29 is 9.47 Å². The highest BCUT2D eigenvalue weighted by atomic mass is 35.5. The van der Waals surface area contributed by atoms with Crippen LogP contribution in [0, 0.1) is 17.8 Å². The van der Waals surface area contributed by atoms with E-state index in [4.69, 9.17) is 21.1 Å². The van der Waals surface area contributed by atoms with Crippen molar-refractivity contribution in [3.63, 3.8) is 0 Å². The number of halogens is 1. The Balaban J connectivity index is 1.25. The topological polar surface area (TPSA) is 65.4 Å². The first kappa shape index (κ1) is 17.6. The lowest BCUT2D eigenvalue weighted by Gasteiger charge is -2.56. The van der Waals surface area contributed by atoms with Crippen LogP contribution in [0.5, 0.6) is 11.5 Å². The molecule has 152 valence electrons.